The van der Waals surface area contributed by atoms with Crippen LogP contribution in [0.1, 0.15) is 12.0 Å². The van der Waals surface area contributed by atoms with Crippen LogP contribution in [0.4, 0.5) is 4.79 Å². The van der Waals surface area contributed by atoms with E-state index in [0.29, 0.717) is 6.54 Å². The summed E-state index contributed by atoms with van der Waals surface area (Å²) < 4.78 is 4.92. The Morgan fingerprint density at radius 3 is 2.43 bits per heavy atom. The summed E-state index contributed by atoms with van der Waals surface area (Å²) in [5.74, 6) is -1.27. The molecule has 1 aromatic carbocycles. The molecule has 0 spiro atoms. The van der Waals surface area contributed by atoms with Crippen LogP contribution in [-0.2, 0) is 20.9 Å². The lowest BCUT2D eigenvalue weighted by molar-refractivity contribution is -0.127. The molecule has 23 heavy (non-hydrogen) atoms. The molecule has 0 aromatic heterocycles. The van der Waals surface area contributed by atoms with Crippen molar-refractivity contribution in [3.8, 4) is 0 Å². The van der Waals surface area contributed by atoms with E-state index in [1.807, 2.05) is 18.2 Å². The molecule has 126 valence electrons. The SMILES string of the molecule is NCCN[C@@H](CC(N)=O)C(=O)NNC(=O)OCc1ccccc1. The van der Waals surface area contributed by atoms with E-state index in [2.05, 4.69) is 16.2 Å². The van der Waals surface area contributed by atoms with Gasteiger partial charge in [0.25, 0.3) is 5.91 Å². The van der Waals surface area contributed by atoms with E-state index >= 15 is 0 Å². The standard InChI is InChI=1S/C14H21N5O4/c15-6-7-17-11(8-12(16)20)13(21)18-19-14(22)23-9-10-4-2-1-3-5-10/h1-5,11,17H,6-9,15H2,(H2,16,20)(H,18,21)(H,19,22)/t11-/m0/s1. The Kier molecular flexibility index (Phi) is 8.11. The number of ether oxygens (including phenoxy) is 1. The van der Waals surface area contributed by atoms with Crippen molar-refractivity contribution in [1.82, 2.24) is 16.2 Å². The molecule has 0 bridgehead atoms. The number of nitrogens with one attached hydrogen (secondary N) is 3. The number of carbonyl (C=O) groups is 3. The van der Waals surface area contributed by atoms with Crippen molar-refractivity contribution in [3.05, 3.63) is 35.9 Å². The molecule has 9 heteroatoms. The monoisotopic (exact) mass is 323 g/mol. The van der Waals surface area contributed by atoms with Crippen LogP contribution in [0.15, 0.2) is 30.3 Å². The molecule has 0 aliphatic carbocycles. The Hall–Kier alpha value is -2.65. The van der Waals surface area contributed by atoms with E-state index in [9.17, 15) is 14.4 Å². The number of rotatable bonds is 8. The Morgan fingerprint density at radius 2 is 1.83 bits per heavy atom. The lowest BCUT2D eigenvalue weighted by atomic mass is 10.2. The predicted octanol–water partition coefficient (Wildman–Crippen LogP) is -1.26. The van der Waals surface area contributed by atoms with Gasteiger partial charge in [0.05, 0.1) is 12.5 Å². The van der Waals surface area contributed by atoms with Crippen LogP contribution in [-0.4, -0.2) is 37.0 Å². The van der Waals surface area contributed by atoms with E-state index in [0.717, 1.165) is 5.56 Å². The number of benzene rings is 1. The van der Waals surface area contributed by atoms with Crippen molar-refractivity contribution in [2.24, 2.45) is 11.5 Å². The van der Waals surface area contributed by atoms with Crippen LogP contribution in [0.25, 0.3) is 0 Å². The summed E-state index contributed by atoms with van der Waals surface area (Å²) in [4.78, 5) is 34.3. The quantitative estimate of drug-likeness (QED) is 0.377. The van der Waals surface area contributed by atoms with Crippen LogP contribution in [0.5, 0.6) is 0 Å². The number of primary amides is 1. The highest BCUT2D eigenvalue weighted by Gasteiger charge is 2.20. The van der Waals surface area contributed by atoms with Crippen LogP contribution in [0.2, 0.25) is 0 Å². The summed E-state index contributed by atoms with van der Waals surface area (Å²) in [6.07, 6.45) is -1.04. The second kappa shape index (κ2) is 10.1. The van der Waals surface area contributed by atoms with Crippen molar-refractivity contribution in [2.45, 2.75) is 19.1 Å². The van der Waals surface area contributed by atoms with Gasteiger partial charge in [0.2, 0.25) is 5.91 Å². The molecule has 0 unspecified atom stereocenters. The second-order valence-electron chi connectivity index (χ2n) is 4.64. The van der Waals surface area contributed by atoms with Gasteiger partial charge in [-0.1, -0.05) is 30.3 Å². The first-order valence-electron chi connectivity index (χ1n) is 7.01. The molecule has 1 rings (SSSR count). The summed E-state index contributed by atoms with van der Waals surface area (Å²) >= 11 is 0. The fourth-order valence-corrected chi connectivity index (χ4v) is 1.68. The number of hydrazine groups is 1. The molecule has 9 nitrogen and oxygen atoms in total. The first-order valence-corrected chi connectivity index (χ1v) is 7.01. The van der Waals surface area contributed by atoms with Crippen LogP contribution in [0.3, 0.4) is 0 Å². The first kappa shape index (κ1) is 18.4. The highest BCUT2D eigenvalue weighted by molar-refractivity contribution is 5.88. The summed E-state index contributed by atoms with van der Waals surface area (Å²) in [5.41, 5.74) is 15.5. The maximum absolute atomic E-state index is 11.9. The van der Waals surface area contributed by atoms with Crippen LogP contribution >= 0.6 is 0 Å². The maximum Gasteiger partial charge on any atom is 0.426 e. The van der Waals surface area contributed by atoms with Crippen LogP contribution < -0.4 is 27.6 Å². The molecule has 0 radical (unpaired) electrons. The molecular formula is C14H21N5O4. The minimum Gasteiger partial charge on any atom is -0.443 e. The zero-order chi connectivity index (χ0) is 17.1. The van der Waals surface area contributed by atoms with Gasteiger partial charge in [-0.15, -0.1) is 0 Å². The first-order chi connectivity index (χ1) is 11.0. The number of hydrogen-bond acceptors (Lipinski definition) is 6. The predicted molar refractivity (Wildman–Crippen MR) is 82.6 cm³/mol. The van der Waals surface area contributed by atoms with Crippen LogP contribution in [0, 0.1) is 0 Å². The summed E-state index contributed by atoms with van der Waals surface area (Å²) in [6.45, 7) is 0.678. The topological polar surface area (TPSA) is 149 Å². The van der Waals surface area contributed by atoms with E-state index in [1.165, 1.54) is 0 Å². The van der Waals surface area contributed by atoms with Crippen molar-refractivity contribution >= 4 is 17.9 Å². The summed E-state index contributed by atoms with van der Waals surface area (Å²) in [7, 11) is 0. The Morgan fingerprint density at radius 1 is 1.13 bits per heavy atom. The van der Waals surface area contributed by atoms with Gasteiger partial charge < -0.3 is 21.5 Å². The molecule has 0 aliphatic heterocycles. The highest BCUT2D eigenvalue weighted by Crippen LogP contribution is 2.00. The molecular weight excluding hydrogens is 302 g/mol. The Bertz CT molecular complexity index is 523. The molecule has 0 aliphatic rings. The molecule has 7 N–H and O–H groups in total. The summed E-state index contributed by atoms with van der Waals surface area (Å²) in [6, 6.07) is 8.19. The van der Waals surface area contributed by atoms with E-state index in [4.69, 9.17) is 16.2 Å². The van der Waals surface area contributed by atoms with Crippen molar-refractivity contribution in [2.75, 3.05) is 13.1 Å². The molecule has 0 fully saturated rings. The van der Waals surface area contributed by atoms with Gasteiger partial charge in [0.1, 0.15) is 6.61 Å². The fourth-order valence-electron chi connectivity index (χ4n) is 1.68. The van der Waals surface area contributed by atoms with E-state index in [1.54, 1.807) is 12.1 Å². The Balaban J connectivity index is 2.36. The number of nitrogens with two attached hydrogens (primary N) is 2. The number of carbonyl (C=O) groups excluding carboxylic acids is 3. The van der Waals surface area contributed by atoms with Gasteiger partial charge >= 0.3 is 6.09 Å². The average Bonchev–Trinajstić information content (AvgIpc) is 2.55. The third-order valence-electron chi connectivity index (χ3n) is 2.76. The minimum absolute atomic E-state index is 0.0681. The third kappa shape index (κ3) is 7.79. The van der Waals surface area contributed by atoms with Gasteiger partial charge in [-0.3, -0.25) is 15.0 Å². The second-order valence-corrected chi connectivity index (χ2v) is 4.64. The molecule has 0 saturated carbocycles. The molecule has 0 saturated heterocycles. The minimum atomic E-state index is -0.884. The smallest absolute Gasteiger partial charge is 0.426 e. The van der Waals surface area contributed by atoms with Crippen molar-refractivity contribution in [1.29, 1.82) is 0 Å². The maximum atomic E-state index is 11.9. The van der Waals surface area contributed by atoms with Gasteiger partial charge in [0.15, 0.2) is 0 Å². The largest absolute Gasteiger partial charge is 0.443 e. The molecule has 1 atom stereocenters. The van der Waals surface area contributed by atoms with Gasteiger partial charge in [-0.2, -0.15) is 0 Å². The Labute approximate surface area is 133 Å². The number of hydrogen-bond donors (Lipinski definition) is 5. The zero-order valence-corrected chi connectivity index (χ0v) is 12.6. The van der Waals surface area contributed by atoms with E-state index in [-0.39, 0.29) is 19.6 Å². The van der Waals surface area contributed by atoms with E-state index < -0.39 is 23.9 Å². The van der Waals surface area contributed by atoms with Crippen molar-refractivity contribution < 1.29 is 19.1 Å². The number of amides is 3. The lowest BCUT2D eigenvalue weighted by Crippen LogP contribution is -2.52. The normalized spacial score (nSPS) is 11.3. The zero-order valence-electron chi connectivity index (χ0n) is 12.6. The summed E-state index contributed by atoms with van der Waals surface area (Å²) in [5, 5.41) is 2.75. The van der Waals surface area contributed by atoms with Crippen molar-refractivity contribution in [3.63, 3.8) is 0 Å². The lowest BCUT2D eigenvalue weighted by Gasteiger charge is -2.16. The average molecular weight is 323 g/mol. The molecule has 1 aromatic rings. The van der Waals surface area contributed by atoms with Gasteiger partial charge in [-0.25, -0.2) is 10.2 Å². The molecule has 3 amide bonds. The highest BCUT2D eigenvalue weighted by atomic mass is 16.6. The van der Waals surface area contributed by atoms with Gasteiger partial charge in [0, 0.05) is 13.1 Å². The van der Waals surface area contributed by atoms with Gasteiger partial charge in [-0.05, 0) is 5.56 Å². The third-order valence-corrected chi connectivity index (χ3v) is 2.76. The fraction of sp³-hybridized carbons (Fsp3) is 0.357. The molecule has 0 heterocycles.